The minimum absolute atomic E-state index is 0.0170. The first-order valence-electron chi connectivity index (χ1n) is 7.18. The molecule has 2 atom stereocenters. The van der Waals surface area contributed by atoms with Crippen LogP contribution >= 0.6 is 0 Å². The number of carbonyl (C=O) groups excluding carboxylic acids is 2. The largest absolute Gasteiger partial charge is 0.342 e. The van der Waals surface area contributed by atoms with Crippen LogP contribution in [0.5, 0.6) is 0 Å². The second-order valence-electron chi connectivity index (χ2n) is 5.71. The Morgan fingerprint density at radius 1 is 1.28 bits per heavy atom. The van der Waals surface area contributed by atoms with E-state index < -0.39 is 5.54 Å². The van der Waals surface area contributed by atoms with Crippen LogP contribution in [0.1, 0.15) is 59.3 Å². The van der Waals surface area contributed by atoms with Crippen LogP contribution in [0.2, 0.25) is 0 Å². The van der Waals surface area contributed by atoms with Crippen LogP contribution in [0.25, 0.3) is 0 Å². The summed E-state index contributed by atoms with van der Waals surface area (Å²) >= 11 is 0. The van der Waals surface area contributed by atoms with E-state index in [1.807, 2.05) is 25.7 Å². The summed E-state index contributed by atoms with van der Waals surface area (Å²) in [6.45, 7) is 5.84. The normalized spacial score (nSPS) is 33.9. The van der Waals surface area contributed by atoms with E-state index in [0.717, 1.165) is 12.8 Å². The SMILES string of the molecule is CCC1NC(=O)C(C)(CC)N(C2CCCC2)C1=O. The Morgan fingerprint density at radius 3 is 2.39 bits per heavy atom. The van der Waals surface area contributed by atoms with E-state index in [1.165, 1.54) is 12.8 Å². The minimum Gasteiger partial charge on any atom is -0.342 e. The smallest absolute Gasteiger partial charge is 0.246 e. The Kier molecular flexibility index (Phi) is 3.64. The molecule has 1 N–H and O–H groups in total. The topological polar surface area (TPSA) is 49.4 Å². The van der Waals surface area contributed by atoms with Gasteiger partial charge in [-0.05, 0) is 32.6 Å². The van der Waals surface area contributed by atoms with Gasteiger partial charge in [0.25, 0.3) is 0 Å². The van der Waals surface area contributed by atoms with Crippen molar-refractivity contribution < 1.29 is 9.59 Å². The summed E-state index contributed by atoms with van der Waals surface area (Å²) < 4.78 is 0. The van der Waals surface area contributed by atoms with E-state index >= 15 is 0 Å². The molecule has 1 saturated carbocycles. The molecule has 0 aromatic rings. The Balaban J connectivity index is 2.33. The zero-order valence-corrected chi connectivity index (χ0v) is 11.7. The van der Waals surface area contributed by atoms with Crippen molar-refractivity contribution in [2.75, 3.05) is 0 Å². The molecule has 0 aromatic carbocycles. The summed E-state index contributed by atoms with van der Waals surface area (Å²) in [5.41, 5.74) is -0.655. The summed E-state index contributed by atoms with van der Waals surface area (Å²) in [5.74, 6) is 0.136. The monoisotopic (exact) mass is 252 g/mol. The zero-order chi connectivity index (χ0) is 13.3. The molecule has 2 unspecified atom stereocenters. The van der Waals surface area contributed by atoms with Crippen molar-refractivity contribution in [1.29, 1.82) is 0 Å². The summed E-state index contributed by atoms with van der Waals surface area (Å²) in [6, 6.07) is -0.0553. The molecule has 18 heavy (non-hydrogen) atoms. The molecule has 2 amide bonds. The maximum atomic E-state index is 12.6. The fraction of sp³-hybridized carbons (Fsp3) is 0.857. The van der Waals surface area contributed by atoms with E-state index in [2.05, 4.69) is 5.32 Å². The predicted molar refractivity (Wildman–Crippen MR) is 70.0 cm³/mol. The summed E-state index contributed by atoms with van der Waals surface area (Å²) in [5, 5.41) is 2.88. The van der Waals surface area contributed by atoms with Crippen molar-refractivity contribution in [3.8, 4) is 0 Å². The molecule has 1 heterocycles. The highest BCUT2D eigenvalue weighted by atomic mass is 16.2. The van der Waals surface area contributed by atoms with Gasteiger partial charge in [0.1, 0.15) is 11.6 Å². The fourth-order valence-corrected chi connectivity index (χ4v) is 3.25. The van der Waals surface area contributed by atoms with E-state index in [9.17, 15) is 9.59 Å². The van der Waals surface area contributed by atoms with Crippen LogP contribution < -0.4 is 5.32 Å². The lowest BCUT2D eigenvalue weighted by atomic mass is 9.88. The molecular formula is C14H24N2O2. The Morgan fingerprint density at radius 2 is 1.89 bits per heavy atom. The van der Waals surface area contributed by atoms with Gasteiger partial charge in [-0.2, -0.15) is 0 Å². The van der Waals surface area contributed by atoms with Crippen molar-refractivity contribution in [1.82, 2.24) is 10.2 Å². The summed E-state index contributed by atoms with van der Waals surface area (Å²) in [4.78, 5) is 26.8. The molecule has 102 valence electrons. The average Bonchev–Trinajstić information content (AvgIpc) is 2.87. The van der Waals surface area contributed by atoms with Crippen LogP contribution in [0.4, 0.5) is 0 Å². The molecule has 2 aliphatic rings. The molecule has 0 radical (unpaired) electrons. The van der Waals surface area contributed by atoms with E-state index in [-0.39, 0.29) is 23.9 Å². The standard InChI is InChI=1S/C14H24N2O2/c1-4-11-12(17)16(10-8-6-7-9-10)14(3,5-2)13(18)15-11/h10-11H,4-9H2,1-3H3,(H,15,18). The van der Waals surface area contributed by atoms with Crippen molar-refractivity contribution in [3.05, 3.63) is 0 Å². The predicted octanol–water partition coefficient (Wildman–Crippen LogP) is 1.83. The van der Waals surface area contributed by atoms with Gasteiger partial charge in [-0.1, -0.05) is 26.7 Å². The van der Waals surface area contributed by atoms with E-state index in [0.29, 0.717) is 12.8 Å². The molecular weight excluding hydrogens is 228 g/mol. The first-order valence-corrected chi connectivity index (χ1v) is 7.18. The van der Waals surface area contributed by atoms with Crippen molar-refractivity contribution in [2.24, 2.45) is 0 Å². The van der Waals surface area contributed by atoms with Gasteiger partial charge in [0.05, 0.1) is 0 Å². The molecule has 0 aromatic heterocycles. The lowest BCUT2D eigenvalue weighted by Gasteiger charge is -2.48. The number of nitrogens with zero attached hydrogens (tertiary/aromatic N) is 1. The van der Waals surface area contributed by atoms with Gasteiger partial charge in [-0.15, -0.1) is 0 Å². The molecule has 1 aliphatic carbocycles. The van der Waals surface area contributed by atoms with Gasteiger partial charge < -0.3 is 10.2 Å². The molecule has 2 rings (SSSR count). The van der Waals surface area contributed by atoms with Crippen LogP contribution in [0.3, 0.4) is 0 Å². The maximum Gasteiger partial charge on any atom is 0.246 e. The zero-order valence-electron chi connectivity index (χ0n) is 11.7. The molecule has 1 aliphatic heterocycles. The molecule has 1 saturated heterocycles. The van der Waals surface area contributed by atoms with Crippen LogP contribution in [0.15, 0.2) is 0 Å². The summed E-state index contributed by atoms with van der Waals surface area (Å²) in [6.07, 6.45) is 5.79. The number of nitrogens with one attached hydrogen (secondary N) is 1. The molecule has 4 heteroatoms. The lowest BCUT2D eigenvalue weighted by molar-refractivity contribution is -0.160. The highest BCUT2D eigenvalue weighted by Crippen LogP contribution is 2.34. The van der Waals surface area contributed by atoms with Crippen molar-refractivity contribution in [3.63, 3.8) is 0 Å². The highest BCUT2D eigenvalue weighted by Gasteiger charge is 2.50. The number of hydrogen-bond donors (Lipinski definition) is 1. The van der Waals surface area contributed by atoms with E-state index in [1.54, 1.807) is 0 Å². The number of rotatable bonds is 3. The third-order valence-corrected chi connectivity index (χ3v) is 4.65. The Labute approximate surface area is 109 Å². The third kappa shape index (κ3) is 1.91. The molecule has 2 fully saturated rings. The van der Waals surface area contributed by atoms with E-state index in [4.69, 9.17) is 0 Å². The van der Waals surface area contributed by atoms with Gasteiger partial charge >= 0.3 is 0 Å². The van der Waals surface area contributed by atoms with Crippen LogP contribution in [-0.4, -0.2) is 34.3 Å². The van der Waals surface area contributed by atoms with Gasteiger partial charge in [-0.25, -0.2) is 0 Å². The Hall–Kier alpha value is -1.06. The van der Waals surface area contributed by atoms with Gasteiger partial charge in [0.2, 0.25) is 11.8 Å². The number of amides is 2. The first kappa shape index (κ1) is 13.4. The third-order valence-electron chi connectivity index (χ3n) is 4.65. The van der Waals surface area contributed by atoms with Gasteiger partial charge in [0.15, 0.2) is 0 Å². The second-order valence-corrected chi connectivity index (χ2v) is 5.71. The molecule has 0 spiro atoms. The average molecular weight is 252 g/mol. The Bertz CT molecular complexity index is 350. The quantitative estimate of drug-likeness (QED) is 0.833. The van der Waals surface area contributed by atoms with Gasteiger partial charge in [-0.3, -0.25) is 9.59 Å². The van der Waals surface area contributed by atoms with Crippen molar-refractivity contribution >= 4 is 11.8 Å². The number of piperazine rings is 1. The maximum absolute atomic E-state index is 12.6. The first-order chi connectivity index (χ1) is 8.54. The minimum atomic E-state index is -0.655. The number of hydrogen-bond acceptors (Lipinski definition) is 2. The molecule has 4 nitrogen and oxygen atoms in total. The van der Waals surface area contributed by atoms with Crippen LogP contribution in [0, 0.1) is 0 Å². The fourth-order valence-electron chi connectivity index (χ4n) is 3.25. The van der Waals surface area contributed by atoms with Crippen LogP contribution in [-0.2, 0) is 9.59 Å². The lowest BCUT2D eigenvalue weighted by Crippen LogP contribution is -2.71. The van der Waals surface area contributed by atoms with Gasteiger partial charge in [0, 0.05) is 6.04 Å². The summed E-state index contributed by atoms with van der Waals surface area (Å²) in [7, 11) is 0. The van der Waals surface area contributed by atoms with Crippen molar-refractivity contribution in [2.45, 2.75) is 76.9 Å². The number of carbonyl (C=O) groups is 2. The molecule has 0 bridgehead atoms. The second kappa shape index (κ2) is 4.90. The highest BCUT2D eigenvalue weighted by molar-refractivity contribution is 5.99.